The number of anilines is 3. The van der Waals surface area contributed by atoms with Crippen molar-refractivity contribution in [3.05, 3.63) is 48.7 Å². The van der Waals surface area contributed by atoms with Crippen molar-refractivity contribution in [2.24, 2.45) is 0 Å². The second-order valence-corrected chi connectivity index (χ2v) is 5.82. The second-order valence-electron chi connectivity index (χ2n) is 5.82. The Morgan fingerprint density at radius 1 is 1.22 bits per heavy atom. The van der Waals surface area contributed by atoms with E-state index in [1.165, 1.54) is 4.68 Å². The van der Waals surface area contributed by atoms with Crippen LogP contribution in [0.5, 0.6) is 0 Å². The van der Waals surface area contributed by atoms with Crippen molar-refractivity contribution in [1.29, 1.82) is 0 Å². The van der Waals surface area contributed by atoms with Gasteiger partial charge in [0, 0.05) is 19.3 Å². The molecule has 4 aromatic heterocycles. The number of nitrogens with one attached hydrogen (secondary N) is 2. The van der Waals surface area contributed by atoms with E-state index in [1.807, 2.05) is 28.8 Å². The number of hydrogen-bond acceptors (Lipinski definition) is 7. The van der Waals surface area contributed by atoms with Crippen molar-refractivity contribution in [2.75, 3.05) is 18.1 Å². The molecule has 4 heterocycles. The molecule has 0 aliphatic carbocycles. The van der Waals surface area contributed by atoms with Gasteiger partial charge in [-0.3, -0.25) is 4.40 Å². The second kappa shape index (κ2) is 6.41. The number of rotatable bonds is 3. The molecule has 10 heteroatoms. The number of carbonyl (C=O) groups excluding carboxylic acids is 1. The molecule has 0 aromatic carbocycles. The van der Waals surface area contributed by atoms with E-state index in [4.69, 9.17) is 5.73 Å². The highest BCUT2D eigenvalue weighted by Crippen LogP contribution is 2.30. The smallest absolute Gasteiger partial charge is 0.341 e. The van der Waals surface area contributed by atoms with E-state index >= 15 is 0 Å². The maximum Gasteiger partial charge on any atom is 0.341 e. The monoisotopic (exact) mass is 363 g/mol. The van der Waals surface area contributed by atoms with Gasteiger partial charge >= 0.3 is 6.03 Å². The number of carbonyl (C=O) groups is 1. The number of aryl methyl sites for hydroxylation is 1. The Morgan fingerprint density at radius 3 is 2.85 bits per heavy atom. The van der Waals surface area contributed by atoms with Gasteiger partial charge < -0.3 is 16.4 Å². The summed E-state index contributed by atoms with van der Waals surface area (Å²) in [7, 11) is 1.54. The summed E-state index contributed by atoms with van der Waals surface area (Å²) < 4.78 is 3.11. The Labute approximate surface area is 154 Å². The Kier molecular flexibility index (Phi) is 3.92. The first-order valence-electron chi connectivity index (χ1n) is 8.17. The Bertz CT molecular complexity index is 1120. The molecule has 0 atom stereocenters. The van der Waals surface area contributed by atoms with Gasteiger partial charge in [0.05, 0.1) is 23.8 Å². The predicted octanol–water partition coefficient (Wildman–Crippen LogP) is 1.81. The molecule has 10 nitrogen and oxygen atoms in total. The minimum Gasteiger partial charge on any atom is -0.384 e. The van der Waals surface area contributed by atoms with E-state index in [-0.39, 0.29) is 6.03 Å². The third-order valence-corrected chi connectivity index (χ3v) is 3.90. The molecule has 0 spiro atoms. The maximum absolute atomic E-state index is 11.7. The van der Waals surface area contributed by atoms with Gasteiger partial charge in [-0.15, -0.1) is 0 Å². The molecule has 0 radical (unpaired) electrons. The van der Waals surface area contributed by atoms with Crippen molar-refractivity contribution >= 4 is 29.0 Å². The van der Waals surface area contributed by atoms with E-state index < -0.39 is 0 Å². The SMILES string of the molecule is CNC(=O)n1cc(Nc2nc3ccccn3c2-c2cc(N)nc(C)n2)cn1. The van der Waals surface area contributed by atoms with Gasteiger partial charge in [-0.1, -0.05) is 6.07 Å². The fraction of sp³-hybridized carbons (Fsp3) is 0.118. The molecule has 0 aliphatic rings. The maximum atomic E-state index is 11.7. The third kappa shape index (κ3) is 3.03. The third-order valence-electron chi connectivity index (χ3n) is 3.90. The molecule has 0 bridgehead atoms. The first kappa shape index (κ1) is 16.5. The van der Waals surface area contributed by atoms with E-state index in [9.17, 15) is 4.79 Å². The fourth-order valence-electron chi connectivity index (χ4n) is 2.79. The minimum absolute atomic E-state index is 0.336. The molecule has 0 fully saturated rings. The fourth-order valence-corrected chi connectivity index (χ4v) is 2.79. The van der Waals surface area contributed by atoms with Crippen molar-refractivity contribution in [3.63, 3.8) is 0 Å². The first-order chi connectivity index (χ1) is 13.0. The lowest BCUT2D eigenvalue weighted by atomic mass is 10.2. The zero-order valence-corrected chi connectivity index (χ0v) is 14.7. The molecule has 0 saturated heterocycles. The molecule has 0 saturated carbocycles. The summed E-state index contributed by atoms with van der Waals surface area (Å²) in [5, 5.41) is 9.74. The van der Waals surface area contributed by atoms with Crippen LogP contribution in [0.15, 0.2) is 42.9 Å². The summed E-state index contributed by atoms with van der Waals surface area (Å²) in [6.07, 6.45) is 5.01. The highest BCUT2D eigenvalue weighted by molar-refractivity contribution is 5.80. The molecular formula is C17H17N9O. The molecule has 4 N–H and O–H groups in total. The van der Waals surface area contributed by atoms with Gasteiger partial charge in [-0.25, -0.2) is 19.7 Å². The Morgan fingerprint density at radius 2 is 2.07 bits per heavy atom. The van der Waals surface area contributed by atoms with E-state index in [1.54, 1.807) is 32.4 Å². The number of nitrogen functional groups attached to an aromatic ring is 1. The summed E-state index contributed by atoms with van der Waals surface area (Å²) in [5.74, 6) is 1.51. The lowest BCUT2D eigenvalue weighted by molar-refractivity contribution is 0.241. The predicted molar refractivity (Wildman–Crippen MR) is 101 cm³/mol. The summed E-state index contributed by atoms with van der Waals surface area (Å²) in [6.45, 7) is 1.78. The van der Waals surface area contributed by atoms with Gasteiger partial charge in [0.15, 0.2) is 5.82 Å². The normalized spacial score (nSPS) is 10.9. The summed E-state index contributed by atoms with van der Waals surface area (Å²) in [4.78, 5) is 25.0. The molecule has 0 unspecified atom stereocenters. The zero-order chi connectivity index (χ0) is 19.0. The van der Waals surface area contributed by atoms with Crippen LogP contribution in [0.4, 0.5) is 22.1 Å². The molecule has 136 valence electrons. The number of fused-ring (bicyclic) bond motifs is 1. The highest BCUT2D eigenvalue weighted by atomic mass is 16.2. The molecule has 4 rings (SSSR count). The average Bonchev–Trinajstić information content (AvgIpc) is 3.24. The van der Waals surface area contributed by atoms with Gasteiger partial charge in [-0.2, -0.15) is 9.78 Å². The van der Waals surface area contributed by atoms with Gasteiger partial charge in [0.2, 0.25) is 0 Å². The van der Waals surface area contributed by atoms with Crippen LogP contribution in [0.1, 0.15) is 5.82 Å². The summed E-state index contributed by atoms with van der Waals surface area (Å²) in [5.41, 5.74) is 8.63. The van der Waals surface area contributed by atoms with Crippen LogP contribution in [0.25, 0.3) is 17.0 Å². The van der Waals surface area contributed by atoms with Crippen LogP contribution in [-0.2, 0) is 0 Å². The van der Waals surface area contributed by atoms with Gasteiger partial charge in [0.1, 0.15) is 23.0 Å². The average molecular weight is 363 g/mol. The van der Waals surface area contributed by atoms with Crippen LogP contribution >= 0.6 is 0 Å². The van der Waals surface area contributed by atoms with Crippen molar-refractivity contribution in [1.82, 2.24) is 34.4 Å². The number of imidazole rings is 1. The number of aromatic nitrogens is 6. The van der Waals surface area contributed by atoms with Crippen LogP contribution < -0.4 is 16.4 Å². The van der Waals surface area contributed by atoms with Crippen LogP contribution in [0.3, 0.4) is 0 Å². The highest BCUT2D eigenvalue weighted by Gasteiger charge is 2.17. The van der Waals surface area contributed by atoms with Gasteiger partial charge in [-0.05, 0) is 19.1 Å². The van der Waals surface area contributed by atoms with Crippen molar-refractivity contribution in [3.8, 4) is 11.4 Å². The van der Waals surface area contributed by atoms with E-state index in [2.05, 4.69) is 30.7 Å². The number of pyridine rings is 1. The summed E-state index contributed by atoms with van der Waals surface area (Å²) >= 11 is 0. The molecule has 27 heavy (non-hydrogen) atoms. The minimum atomic E-state index is -0.336. The largest absolute Gasteiger partial charge is 0.384 e. The van der Waals surface area contributed by atoms with Gasteiger partial charge in [0.25, 0.3) is 0 Å². The Balaban J connectivity index is 1.83. The summed E-state index contributed by atoms with van der Waals surface area (Å²) in [6, 6.07) is 7.06. The number of hydrogen-bond donors (Lipinski definition) is 3. The first-order valence-corrected chi connectivity index (χ1v) is 8.17. The Hall–Kier alpha value is -3.95. The molecule has 0 aliphatic heterocycles. The van der Waals surface area contributed by atoms with E-state index in [0.29, 0.717) is 28.8 Å². The number of nitrogens with two attached hydrogens (primary N) is 1. The van der Waals surface area contributed by atoms with Crippen molar-refractivity contribution < 1.29 is 4.79 Å². The van der Waals surface area contributed by atoms with Crippen LogP contribution in [-0.4, -0.2) is 42.2 Å². The lowest BCUT2D eigenvalue weighted by Gasteiger charge is -2.07. The topological polar surface area (TPSA) is 128 Å². The number of amides is 1. The van der Waals surface area contributed by atoms with Crippen LogP contribution in [0, 0.1) is 6.92 Å². The van der Waals surface area contributed by atoms with E-state index in [0.717, 1.165) is 11.3 Å². The standard InChI is InChI=1S/C17H17N9O/c1-10-21-12(7-13(18)22-10)15-16(24-14-5-3-4-6-25(14)15)23-11-8-20-26(9-11)17(27)19-2/h3-9,23H,1-2H3,(H,19,27)(H2,18,21,22). The molecule has 1 amide bonds. The number of nitrogens with zero attached hydrogens (tertiary/aromatic N) is 6. The van der Waals surface area contributed by atoms with Crippen LogP contribution in [0.2, 0.25) is 0 Å². The molecule has 4 aromatic rings. The lowest BCUT2D eigenvalue weighted by Crippen LogP contribution is -2.24. The quantitative estimate of drug-likeness (QED) is 0.506. The zero-order valence-electron chi connectivity index (χ0n) is 14.7. The molecular weight excluding hydrogens is 346 g/mol. The van der Waals surface area contributed by atoms with Crippen molar-refractivity contribution in [2.45, 2.75) is 6.92 Å².